The van der Waals surface area contributed by atoms with Crippen LogP contribution < -0.4 is 4.98 Å². The van der Waals surface area contributed by atoms with E-state index in [2.05, 4.69) is 4.98 Å². The van der Waals surface area contributed by atoms with Crippen LogP contribution >= 0.6 is 0 Å². The minimum absolute atomic E-state index is 0.628. The maximum Gasteiger partial charge on any atom is 0.220 e. The van der Waals surface area contributed by atoms with Gasteiger partial charge in [-0.25, -0.2) is 4.98 Å². The molecule has 0 amide bonds. The van der Waals surface area contributed by atoms with Crippen LogP contribution in [0.4, 0.5) is 0 Å². The number of hydrogen-bond donors (Lipinski definition) is 1. The molecule has 1 unspecified atom stereocenters. The molecule has 3 rings (SSSR count). The zero-order valence-corrected chi connectivity index (χ0v) is 9.88. The zero-order valence-electron chi connectivity index (χ0n) is 9.88. The molecule has 3 aromatic rings. The largest absolute Gasteiger partial charge is 0.377 e. The molecule has 0 bridgehead atoms. The minimum atomic E-state index is -0.628. The molecule has 2 nitrogen and oxygen atoms in total. The van der Waals surface area contributed by atoms with E-state index in [-0.39, 0.29) is 0 Å². The summed E-state index contributed by atoms with van der Waals surface area (Å²) in [6.45, 7) is 0. The highest BCUT2D eigenvalue weighted by Crippen LogP contribution is 2.24. The molecule has 18 heavy (non-hydrogen) atoms. The highest BCUT2D eigenvalue weighted by Gasteiger charge is 2.19. The van der Waals surface area contributed by atoms with E-state index in [1.165, 1.54) is 0 Å². The average Bonchev–Trinajstić information content (AvgIpc) is 2.47. The Morgan fingerprint density at radius 1 is 0.833 bits per heavy atom. The molecule has 2 heteroatoms. The lowest BCUT2D eigenvalue weighted by Gasteiger charge is -2.08. The first kappa shape index (κ1) is 10.9. The maximum atomic E-state index is 10.5. The van der Waals surface area contributed by atoms with Crippen molar-refractivity contribution in [2.45, 2.75) is 6.10 Å². The van der Waals surface area contributed by atoms with Gasteiger partial charge in [0.15, 0.2) is 12.3 Å². The van der Waals surface area contributed by atoms with E-state index in [1.807, 2.05) is 66.9 Å². The summed E-state index contributed by atoms with van der Waals surface area (Å²) in [5.41, 5.74) is 1.73. The van der Waals surface area contributed by atoms with Crippen LogP contribution in [0.1, 0.15) is 17.4 Å². The summed E-state index contributed by atoms with van der Waals surface area (Å²) in [6.07, 6.45) is 1.24. The predicted octanol–water partition coefficient (Wildman–Crippen LogP) is 2.74. The van der Waals surface area contributed by atoms with Crippen LogP contribution in [-0.4, -0.2) is 5.11 Å². The summed E-state index contributed by atoms with van der Waals surface area (Å²) in [7, 11) is 0. The normalized spacial score (nSPS) is 12.5. The second-order valence-electron chi connectivity index (χ2n) is 4.29. The number of aliphatic hydroxyl groups excluding tert-OH is 1. The van der Waals surface area contributed by atoms with Crippen LogP contribution in [0.5, 0.6) is 0 Å². The number of aromatic amines is 1. The van der Waals surface area contributed by atoms with Crippen LogP contribution in [0.15, 0.2) is 66.9 Å². The lowest BCUT2D eigenvalue weighted by Crippen LogP contribution is -2.16. The molecule has 0 aliphatic rings. The van der Waals surface area contributed by atoms with E-state index < -0.39 is 6.10 Å². The van der Waals surface area contributed by atoms with Crippen LogP contribution in [0.3, 0.4) is 0 Å². The van der Waals surface area contributed by atoms with Crippen molar-refractivity contribution in [1.82, 2.24) is 0 Å². The Kier molecular flexibility index (Phi) is 2.79. The first-order chi connectivity index (χ1) is 8.86. The fourth-order valence-corrected chi connectivity index (χ4v) is 2.21. The molecule has 2 N–H and O–H groups in total. The lowest BCUT2D eigenvalue weighted by atomic mass is 10.0. The summed E-state index contributed by atoms with van der Waals surface area (Å²) < 4.78 is 0. The van der Waals surface area contributed by atoms with Crippen molar-refractivity contribution in [3.8, 4) is 0 Å². The van der Waals surface area contributed by atoms with Gasteiger partial charge in [-0.3, -0.25) is 0 Å². The van der Waals surface area contributed by atoms with E-state index in [9.17, 15) is 5.11 Å². The van der Waals surface area contributed by atoms with Gasteiger partial charge in [0.25, 0.3) is 0 Å². The number of fused-ring (bicyclic) bond motifs is 1. The smallest absolute Gasteiger partial charge is 0.220 e. The minimum Gasteiger partial charge on any atom is -0.377 e. The Morgan fingerprint density at radius 3 is 2.39 bits per heavy atom. The molecule has 0 spiro atoms. The van der Waals surface area contributed by atoms with Crippen molar-refractivity contribution < 1.29 is 10.1 Å². The first-order valence-corrected chi connectivity index (χ1v) is 5.98. The Hall–Kier alpha value is -2.19. The Bertz CT molecular complexity index is 659. The van der Waals surface area contributed by atoms with E-state index in [0.29, 0.717) is 0 Å². The summed E-state index contributed by atoms with van der Waals surface area (Å²) in [6, 6.07) is 19.7. The van der Waals surface area contributed by atoms with E-state index in [1.54, 1.807) is 0 Å². The number of rotatable bonds is 2. The van der Waals surface area contributed by atoms with Crippen molar-refractivity contribution in [3.63, 3.8) is 0 Å². The van der Waals surface area contributed by atoms with Gasteiger partial charge in [0.2, 0.25) is 5.69 Å². The molecule has 1 atom stereocenters. The Labute approximate surface area is 106 Å². The monoisotopic (exact) mass is 236 g/mol. The van der Waals surface area contributed by atoms with Crippen LogP contribution in [-0.2, 0) is 0 Å². The molecule has 2 aromatic carbocycles. The number of benzene rings is 2. The summed E-state index contributed by atoms with van der Waals surface area (Å²) in [5, 5.41) is 12.6. The molecular weight excluding hydrogens is 222 g/mol. The van der Waals surface area contributed by atoms with Crippen LogP contribution in [0, 0.1) is 0 Å². The lowest BCUT2D eigenvalue weighted by molar-refractivity contribution is -0.395. The van der Waals surface area contributed by atoms with Gasteiger partial charge in [-0.05, 0) is 17.0 Å². The molecule has 1 heterocycles. The van der Waals surface area contributed by atoms with Gasteiger partial charge in [-0.15, -0.1) is 0 Å². The second kappa shape index (κ2) is 4.59. The first-order valence-electron chi connectivity index (χ1n) is 5.98. The average molecular weight is 236 g/mol. The van der Waals surface area contributed by atoms with Crippen molar-refractivity contribution in [2.75, 3.05) is 0 Å². The van der Waals surface area contributed by atoms with Crippen molar-refractivity contribution in [3.05, 3.63) is 78.1 Å². The second-order valence-corrected chi connectivity index (χ2v) is 4.29. The van der Waals surface area contributed by atoms with Crippen LogP contribution in [0.25, 0.3) is 10.8 Å². The fraction of sp³-hybridized carbons (Fsp3) is 0.0625. The van der Waals surface area contributed by atoms with Crippen molar-refractivity contribution in [2.24, 2.45) is 0 Å². The molecule has 88 valence electrons. The molecule has 0 radical (unpaired) electrons. The SMILES string of the molecule is OC(c1ccccc1)c1[nH+]ccc2ccccc12. The highest BCUT2D eigenvalue weighted by molar-refractivity contribution is 5.83. The van der Waals surface area contributed by atoms with Gasteiger partial charge in [0, 0.05) is 6.07 Å². The van der Waals surface area contributed by atoms with Crippen LogP contribution in [0.2, 0.25) is 0 Å². The molecule has 0 saturated heterocycles. The number of H-pyrrole nitrogens is 1. The summed E-state index contributed by atoms with van der Waals surface area (Å²) >= 11 is 0. The number of pyridine rings is 1. The van der Waals surface area contributed by atoms with Gasteiger partial charge in [-0.1, -0.05) is 48.5 Å². The van der Waals surface area contributed by atoms with Gasteiger partial charge in [0.1, 0.15) is 0 Å². The van der Waals surface area contributed by atoms with Crippen molar-refractivity contribution in [1.29, 1.82) is 0 Å². The van der Waals surface area contributed by atoms with Gasteiger partial charge in [-0.2, -0.15) is 0 Å². The van der Waals surface area contributed by atoms with Gasteiger partial charge < -0.3 is 5.11 Å². The third kappa shape index (κ3) is 1.87. The number of aliphatic hydroxyl groups is 1. The number of nitrogens with one attached hydrogen (secondary N) is 1. The van der Waals surface area contributed by atoms with Crippen molar-refractivity contribution >= 4 is 10.8 Å². The number of hydrogen-bond acceptors (Lipinski definition) is 1. The van der Waals surface area contributed by atoms with Gasteiger partial charge in [0.05, 0.1) is 5.39 Å². The zero-order chi connectivity index (χ0) is 12.4. The van der Waals surface area contributed by atoms with E-state index in [0.717, 1.165) is 22.0 Å². The fourth-order valence-electron chi connectivity index (χ4n) is 2.21. The maximum absolute atomic E-state index is 10.5. The Morgan fingerprint density at radius 2 is 1.56 bits per heavy atom. The third-order valence-corrected chi connectivity index (χ3v) is 3.14. The summed E-state index contributed by atoms with van der Waals surface area (Å²) in [5.74, 6) is 0. The molecule has 0 aliphatic heterocycles. The Balaban J connectivity index is 2.15. The molecular formula is C16H14NO+. The van der Waals surface area contributed by atoms with E-state index >= 15 is 0 Å². The van der Waals surface area contributed by atoms with Gasteiger partial charge >= 0.3 is 0 Å². The highest BCUT2D eigenvalue weighted by atomic mass is 16.3. The third-order valence-electron chi connectivity index (χ3n) is 3.14. The summed E-state index contributed by atoms with van der Waals surface area (Å²) in [4.78, 5) is 3.16. The molecule has 0 saturated carbocycles. The topological polar surface area (TPSA) is 34.4 Å². The quantitative estimate of drug-likeness (QED) is 0.729. The molecule has 1 aromatic heterocycles. The van der Waals surface area contributed by atoms with E-state index in [4.69, 9.17) is 0 Å². The standard InChI is InChI=1S/C16H13NO/c18-16(13-7-2-1-3-8-13)15-14-9-5-4-6-12(14)10-11-17-15/h1-11,16,18H/p+1. The predicted molar refractivity (Wildman–Crippen MR) is 71.0 cm³/mol. The molecule has 0 fully saturated rings. The molecule has 0 aliphatic carbocycles. The number of aromatic nitrogens is 1.